The lowest BCUT2D eigenvalue weighted by atomic mass is 9.89. The van der Waals surface area contributed by atoms with Crippen LogP contribution in [0.5, 0.6) is 0 Å². The average molecular weight is 271 g/mol. The molecule has 2 aliphatic rings. The molecule has 0 bridgehead atoms. The number of hydrogen-bond acceptors (Lipinski definition) is 0. The first-order chi connectivity index (χ1) is 10.3. The van der Waals surface area contributed by atoms with Crippen molar-refractivity contribution in [2.75, 3.05) is 0 Å². The predicted octanol–water partition coefficient (Wildman–Crippen LogP) is 5.28. The van der Waals surface area contributed by atoms with Crippen LogP contribution in [0.15, 0.2) is 66.3 Å². The molecule has 0 spiro atoms. The summed E-state index contributed by atoms with van der Waals surface area (Å²) in [6.07, 6.45) is 9.93. The van der Waals surface area contributed by atoms with E-state index in [1.165, 1.54) is 39.3 Å². The fourth-order valence-electron chi connectivity index (χ4n) is 3.55. The van der Waals surface area contributed by atoms with Crippen molar-refractivity contribution in [3.63, 3.8) is 0 Å². The van der Waals surface area contributed by atoms with Gasteiger partial charge in [-0.3, -0.25) is 0 Å². The first-order valence-electron chi connectivity index (χ1n) is 7.70. The number of allylic oxidation sites excluding steroid dienone is 4. The fourth-order valence-corrected chi connectivity index (χ4v) is 3.55. The summed E-state index contributed by atoms with van der Waals surface area (Å²) >= 11 is 0. The molecule has 0 N–H and O–H groups in total. The molecule has 1 radical (unpaired) electrons. The average Bonchev–Trinajstić information content (AvgIpc) is 3.15. The van der Waals surface area contributed by atoms with E-state index < -0.39 is 0 Å². The minimum Gasteiger partial charge on any atom is -0.0804 e. The van der Waals surface area contributed by atoms with Gasteiger partial charge in [0.05, 0.1) is 0 Å². The maximum atomic E-state index is 2.30. The van der Waals surface area contributed by atoms with Gasteiger partial charge in [0.25, 0.3) is 0 Å². The molecule has 0 heterocycles. The largest absolute Gasteiger partial charge is 0.0804 e. The van der Waals surface area contributed by atoms with Crippen LogP contribution in [0.1, 0.15) is 30.0 Å². The van der Waals surface area contributed by atoms with Crippen LogP contribution in [0.25, 0.3) is 11.1 Å². The zero-order valence-corrected chi connectivity index (χ0v) is 12.4. The first kappa shape index (κ1) is 12.6. The van der Waals surface area contributed by atoms with Crippen LogP contribution in [-0.2, 0) is 12.8 Å². The van der Waals surface area contributed by atoms with Gasteiger partial charge in [-0.25, -0.2) is 0 Å². The van der Waals surface area contributed by atoms with E-state index in [9.17, 15) is 0 Å². The molecule has 2 aliphatic carbocycles. The molecule has 103 valence electrons. The molecular formula is C21H19. The second-order valence-corrected chi connectivity index (χ2v) is 6.06. The molecule has 0 nitrogen and oxygen atoms in total. The molecule has 4 rings (SSSR count). The Bertz CT molecular complexity index is 746. The van der Waals surface area contributed by atoms with Crippen molar-refractivity contribution >= 4 is 0 Å². The van der Waals surface area contributed by atoms with Crippen molar-refractivity contribution in [2.24, 2.45) is 0 Å². The van der Waals surface area contributed by atoms with Gasteiger partial charge in [-0.15, -0.1) is 0 Å². The van der Waals surface area contributed by atoms with E-state index >= 15 is 0 Å². The minimum atomic E-state index is 1.07. The van der Waals surface area contributed by atoms with Crippen molar-refractivity contribution in [3.05, 3.63) is 88.9 Å². The van der Waals surface area contributed by atoms with Gasteiger partial charge in [0.2, 0.25) is 0 Å². The van der Waals surface area contributed by atoms with Crippen molar-refractivity contribution < 1.29 is 0 Å². The van der Waals surface area contributed by atoms with E-state index in [-0.39, 0.29) is 0 Å². The topological polar surface area (TPSA) is 0 Å². The van der Waals surface area contributed by atoms with Crippen LogP contribution < -0.4 is 0 Å². The maximum Gasteiger partial charge on any atom is 0.00246 e. The third-order valence-corrected chi connectivity index (χ3v) is 4.72. The molecule has 0 heteroatoms. The number of fused-ring (bicyclic) bond motifs is 3. The van der Waals surface area contributed by atoms with Crippen LogP contribution >= 0.6 is 0 Å². The lowest BCUT2D eigenvalue weighted by molar-refractivity contribution is 0.938. The Morgan fingerprint density at radius 3 is 2.71 bits per heavy atom. The Morgan fingerprint density at radius 2 is 1.86 bits per heavy atom. The van der Waals surface area contributed by atoms with E-state index in [1.54, 1.807) is 0 Å². The van der Waals surface area contributed by atoms with Gasteiger partial charge in [-0.1, -0.05) is 73.2 Å². The van der Waals surface area contributed by atoms with Gasteiger partial charge in [-0.05, 0) is 47.1 Å². The first-order valence-corrected chi connectivity index (χ1v) is 7.70. The Balaban J connectivity index is 1.67. The van der Waals surface area contributed by atoms with Gasteiger partial charge >= 0.3 is 0 Å². The van der Waals surface area contributed by atoms with Gasteiger partial charge < -0.3 is 0 Å². The molecule has 2 aromatic carbocycles. The zero-order valence-electron chi connectivity index (χ0n) is 12.4. The summed E-state index contributed by atoms with van der Waals surface area (Å²) in [5, 5.41) is 0. The molecule has 0 fully saturated rings. The Kier molecular flexibility index (Phi) is 3.03. The lowest BCUT2D eigenvalue weighted by Crippen LogP contribution is -2.02. The van der Waals surface area contributed by atoms with Crippen LogP contribution in [0.3, 0.4) is 0 Å². The van der Waals surface area contributed by atoms with Crippen molar-refractivity contribution in [1.29, 1.82) is 0 Å². The molecule has 21 heavy (non-hydrogen) atoms. The standard InChI is InChI=1S/C21H19/c1-15(16-7-2-3-8-16)13-17-10-6-12-20-19-11-5-4-9-18(19)14-21(17)20/h2-7,9-12H,8,13-14H2,1H3. The third kappa shape index (κ3) is 2.15. The van der Waals surface area contributed by atoms with Gasteiger partial charge in [0.15, 0.2) is 0 Å². The van der Waals surface area contributed by atoms with Gasteiger partial charge in [0, 0.05) is 5.92 Å². The van der Waals surface area contributed by atoms with Crippen molar-refractivity contribution in [2.45, 2.75) is 26.2 Å². The highest BCUT2D eigenvalue weighted by molar-refractivity contribution is 5.78. The molecule has 0 aromatic heterocycles. The number of hydrogen-bond donors (Lipinski definition) is 0. The third-order valence-electron chi connectivity index (χ3n) is 4.72. The van der Waals surface area contributed by atoms with E-state index in [0.717, 1.165) is 19.3 Å². The van der Waals surface area contributed by atoms with Crippen LogP contribution in [0.4, 0.5) is 0 Å². The lowest BCUT2D eigenvalue weighted by Gasteiger charge is -2.15. The fraction of sp³-hybridized carbons (Fsp3) is 0.190. The van der Waals surface area contributed by atoms with E-state index in [1.807, 2.05) is 0 Å². The summed E-state index contributed by atoms with van der Waals surface area (Å²) in [5.74, 6) is 1.50. The normalized spacial score (nSPS) is 15.2. The smallest absolute Gasteiger partial charge is 0.00246 e. The summed E-state index contributed by atoms with van der Waals surface area (Å²) in [6, 6.07) is 15.6. The van der Waals surface area contributed by atoms with E-state index in [0.29, 0.717) is 0 Å². The van der Waals surface area contributed by atoms with Gasteiger partial charge in [-0.2, -0.15) is 0 Å². The number of benzene rings is 2. The molecule has 0 saturated heterocycles. The molecule has 0 saturated carbocycles. The molecule has 0 aliphatic heterocycles. The summed E-state index contributed by atoms with van der Waals surface area (Å²) in [7, 11) is 0. The minimum absolute atomic E-state index is 1.07. The van der Waals surface area contributed by atoms with E-state index in [2.05, 4.69) is 67.6 Å². The quantitative estimate of drug-likeness (QED) is 0.608. The second-order valence-electron chi connectivity index (χ2n) is 6.06. The Hall–Kier alpha value is -2.08. The SMILES string of the molecule is C[C](Cc1cccc2c1Cc1ccccc1-2)C1=CC=CC1. The molecule has 0 atom stereocenters. The van der Waals surface area contributed by atoms with Crippen molar-refractivity contribution in [1.82, 2.24) is 0 Å². The zero-order chi connectivity index (χ0) is 14.2. The maximum absolute atomic E-state index is 2.30. The highest BCUT2D eigenvalue weighted by Gasteiger charge is 2.21. The molecule has 2 aromatic rings. The number of rotatable bonds is 3. The van der Waals surface area contributed by atoms with Crippen LogP contribution in [-0.4, -0.2) is 0 Å². The highest BCUT2D eigenvalue weighted by Crippen LogP contribution is 2.39. The van der Waals surface area contributed by atoms with E-state index in [4.69, 9.17) is 0 Å². The van der Waals surface area contributed by atoms with Crippen molar-refractivity contribution in [3.8, 4) is 11.1 Å². The highest BCUT2D eigenvalue weighted by atomic mass is 14.3. The Labute approximate surface area is 126 Å². The summed E-state index contributed by atoms with van der Waals surface area (Å²) in [4.78, 5) is 0. The molecular weight excluding hydrogens is 252 g/mol. The monoisotopic (exact) mass is 271 g/mol. The molecule has 0 amide bonds. The summed E-state index contributed by atoms with van der Waals surface area (Å²) in [5.41, 5.74) is 8.85. The van der Waals surface area contributed by atoms with Crippen LogP contribution in [0, 0.1) is 5.92 Å². The predicted molar refractivity (Wildman–Crippen MR) is 89.1 cm³/mol. The van der Waals surface area contributed by atoms with Gasteiger partial charge in [0.1, 0.15) is 0 Å². The summed E-state index contributed by atoms with van der Waals surface area (Å²) < 4.78 is 0. The van der Waals surface area contributed by atoms with Crippen LogP contribution in [0.2, 0.25) is 0 Å². The summed E-state index contributed by atoms with van der Waals surface area (Å²) in [6.45, 7) is 2.28. The second kappa shape index (κ2) is 5.04. The Morgan fingerprint density at radius 1 is 1.00 bits per heavy atom. The molecule has 0 unspecified atom stereocenters.